The van der Waals surface area contributed by atoms with E-state index in [0.717, 1.165) is 23.3 Å². The molecule has 0 aliphatic carbocycles. The number of para-hydroxylation sites is 1. The summed E-state index contributed by atoms with van der Waals surface area (Å²) in [7, 11) is -7.84. The van der Waals surface area contributed by atoms with E-state index in [-0.39, 0.29) is 33.3 Å². The molecule has 2 heterocycles. The van der Waals surface area contributed by atoms with Crippen LogP contribution < -0.4 is 14.2 Å². The highest BCUT2D eigenvalue weighted by Gasteiger charge is 2.29. The Bertz CT molecular complexity index is 1940. The van der Waals surface area contributed by atoms with Crippen molar-refractivity contribution >= 4 is 59.2 Å². The SMILES string of the molecule is CCOC(=O)Cn1c(=NC(=O)c2ccc(S(=O)(=O)N3CCCc4ccccc43)cc2)sc2cc(S(N)(=O)=O)ccc21. The minimum Gasteiger partial charge on any atom is -0.465 e. The summed E-state index contributed by atoms with van der Waals surface area (Å²) >= 11 is 1.00. The predicted octanol–water partition coefficient (Wildman–Crippen LogP) is 2.80. The molecule has 1 aromatic heterocycles. The Labute approximate surface area is 240 Å². The number of carbonyl (C=O) groups is 2. The Morgan fingerprint density at radius 1 is 1.00 bits per heavy atom. The largest absolute Gasteiger partial charge is 0.465 e. The third-order valence-corrected chi connectivity index (χ3v) is 10.3. The van der Waals surface area contributed by atoms with Gasteiger partial charge in [-0.05, 0) is 73.9 Å². The molecular weight excluding hydrogens is 589 g/mol. The van der Waals surface area contributed by atoms with Crippen molar-refractivity contribution in [3.63, 3.8) is 0 Å². The molecule has 0 atom stereocenters. The molecule has 0 saturated carbocycles. The number of nitrogens with zero attached hydrogens (tertiary/aromatic N) is 3. The van der Waals surface area contributed by atoms with E-state index in [9.17, 15) is 26.4 Å². The van der Waals surface area contributed by atoms with Gasteiger partial charge in [0.2, 0.25) is 10.0 Å². The van der Waals surface area contributed by atoms with Crippen LogP contribution in [0.25, 0.3) is 10.2 Å². The lowest BCUT2D eigenvalue weighted by atomic mass is 10.0. The summed E-state index contributed by atoms with van der Waals surface area (Å²) < 4.78 is 58.9. The maximum absolute atomic E-state index is 13.4. The second-order valence-corrected chi connectivity index (χ2v) is 13.6. The number of primary sulfonamides is 1. The Kier molecular flexibility index (Phi) is 7.83. The number of hydrogen-bond donors (Lipinski definition) is 1. The van der Waals surface area contributed by atoms with E-state index in [1.165, 1.54) is 51.3 Å². The van der Waals surface area contributed by atoms with Gasteiger partial charge in [-0.3, -0.25) is 13.9 Å². The molecule has 0 radical (unpaired) electrons. The van der Waals surface area contributed by atoms with Crippen molar-refractivity contribution in [3.05, 3.63) is 82.7 Å². The molecule has 5 rings (SSSR count). The summed E-state index contributed by atoms with van der Waals surface area (Å²) in [5.41, 5.74) is 2.21. The van der Waals surface area contributed by atoms with Crippen molar-refractivity contribution in [2.24, 2.45) is 10.1 Å². The number of aromatic nitrogens is 1. The first-order chi connectivity index (χ1) is 19.5. The number of benzene rings is 3. The molecule has 4 aromatic rings. The smallest absolute Gasteiger partial charge is 0.326 e. The average molecular weight is 615 g/mol. The van der Waals surface area contributed by atoms with Gasteiger partial charge in [-0.15, -0.1) is 0 Å². The Morgan fingerprint density at radius 2 is 1.71 bits per heavy atom. The fourth-order valence-corrected chi connectivity index (χ4v) is 7.82. The Morgan fingerprint density at radius 3 is 2.41 bits per heavy atom. The lowest BCUT2D eigenvalue weighted by Crippen LogP contribution is -2.35. The number of anilines is 1. The zero-order valence-electron chi connectivity index (χ0n) is 21.9. The summed E-state index contributed by atoms with van der Waals surface area (Å²) in [5.74, 6) is -1.24. The number of amides is 1. The van der Waals surface area contributed by atoms with Gasteiger partial charge < -0.3 is 9.30 Å². The van der Waals surface area contributed by atoms with Gasteiger partial charge in [-0.25, -0.2) is 22.0 Å². The molecule has 3 aromatic carbocycles. The van der Waals surface area contributed by atoms with Crippen LogP contribution in [0, 0.1) is 0 Å². The molecule has 0 fully saturated rings. The summed E-state index contributed by atoms with van der Waals surface area (Å²) in [6, 6.07) is 17.0. The van der Waals surface area contributed by atoms with Crippen molar-refractivity contribution in [1.29, 1.82) is 0 Å². The number of esters is 1. The molecule has 0 bridgehead atoms. The topological polar surface area (TPSA) is 158 Å². The lowest BCUT2D eigenvalue weighted by Gasteiger charge is -2.30. The van der Waals surface area contributed by atoms with Gasteiger partial charge in [0.1, 0.15) is 6.54 Å². The summed E-state index contributed by atoms with van der Waals surface area (Å²) in [4.78, 5) is 29.7. The van der Waals surface area contributed by atoms with Gasteiger partial charge in [0.25, 0.3) is 15.9 Å². The molecule has 0 unspecified atom stereocenters. The van der Waals surface area contributed by atoms with Crippen LogP contribution in [0.3, 0.4) is 0 Å². The number of hydrogen-bond acceptors (Lipinski definition) is 8. The number of thiazole rings is 1. The van der Waals surface area contributed by atoms with Crippen LogP contribution in [0.2, 0.25) is 0 Å². The summed E-state index contributed by atoms with van der Waals surface area (Å²) in [6.07, 6.45) is 1.50. The first-order valence-electron chi connectivity index (χ1n) is 12.6. The van der Waals surface area contributed by atoms with E-state index in [0.29, 0.717) is 28.9 Å². The van der Waals surface area contributed by atoms with Crippen LogP contribution in [0.1, 0.15) is 29.3 Å². The van der Waals surface area contributed by atoms with Crippen LogP contribution in [0.15, 0.2) is 81.5 Å². The highest BCUT2D eigenvalue weighted by molar-refractivity contribution is 7.92. The van der Waals surface area contributed by atoms with Gasteiger partial charge in [-0.1, -0.05) is 29.5 Å². The molecule has 1 aliphatic rings. The third-order valence-electron chi connectivity index (χ3n) is 6.53. The fraction of sp³-hybridized carbons (Fsp3) is 0.222. The second-order valence-electron chi connectivity index (χ2n) is 9.20. The first kappa shape index (κ1) is 28.7. The number of fused-ring (bicyclic) bond motifs is 2. The van der Waals surface area contributed by atoms with Crippen LogP contribution in [-0.4, -0.2) is 46.4 Å². The highest BCUT2D eigenvalue weighted by atomic mass is 32.2. The van der Waals surface area contributed by atoms with Crippen molar-refractivity contribution in [2.75, 3.05) is 17.5 Å². The number of ether oxygens (including phenoxy) is 1. The quantitative estimate of drug-likeness (QED) is 0.314. The molecule has 14 heteroatoms. The normalized spacial score (nSPS) is 14.2. The standard InChI is InChI=1S/C27H26N4O7S3/c1-2-38-25(32)17-30-23-14-13-21(40(28,34)35)16-24(23)39-27(30)29-26(33)19-9-11-20(12-10-19)41(36,37)31-15-5-7-18-6-3-4-8-22(18)31/h3-4,6,8-14,16H,2,5,7,15,17H2,1H3,(H2,28,34,35). The molecule has 1 aliphatic heterocycles. The van der Waals surface area contributed by atoms with Crippen LogP contribution in [0.5, 0.6) is 0 Å². The molecule has 0 spiro atoms. The lowest BCUT2D eigenvalue weighted by molar-refractivity contribution is -0.143. The van der Waals surface area contributed by atoms with Crippen LogP contribution in [0.4, 0.5) is 5.69 Å². The second kappa shape index (κ2) is 11.2. The molecule has 214 valence electrons. The number of carbonyl (C=O) groups excluding carboxylic acids is 2. The molecule has 41 heavy (non-hydrogen) atoms. The summed E-state index contributed by atoms with van der Waals surface area (Å²) in [5, 5.41) is 5.26. The van der Waals surface area contributed by atoms with Gasteiger partial charge in [0.05, 0.1) is 32.3 Å². The minimum absolute atomic E-state index is 0.0421. The van der Waals surface area contributed by atoms with Gasteiger partial charge in [0, 0.05) is 12.1 Å². The van der Waals surface area contributed by atoms with Crippen molar-refractivity contribution in [2.45, 2.75) is 36.1 Å². The van der Waals surface area contributed by atoms with E-state index in [1.807, 2.05) is 12.1 Å². The van der Waals surface area contributed by atoms with Crippen LogP contribution >= 0.6 is 11.3 Å². The third kappa shape index (κ3) is 5.81. The zero-order chi connectivity index (χ0) is 29.4. The molecule has 1 amide bonds. The van der Waals surface area contributed by atoms with E-state index in [2.05, 4.69) is 4.99 Å². The Balaban J connectivity index is 1.49. The zero-order valence-corrected chi connectivity index (χ0v) is 24.3. The summed E-state index contributed by atoms with van der Waals surface area (Å²) in [6.45, 7) is 1.91. The van der Waals surface area contributed by atoms with Crippen molar-refractivity contribution in [1.82, 2.24) is 4.57 Å². The van der Waals surface area contributed by atoms with E-state index >= 15 is 0 Å². The number of rotatable bonds is 7. The molecule has 0 saturated heterocycles. The van der Waals surface area contributed by atoms with Gasteiger partial charge in [-0.2, -0.15) is 4.99 Å². The fourth-order valence-electron chi connectivity index (χ4n) is 4.60. The maximum Gasteiger partial charge on any atom is 0.326 e. The molecular formula is C27H26N4O7S3. The Hall–Kier alpha value is -3.85. The molecule has 2 N–H and O–H groups in total. The number of aryl methyl sites for hydroxylation is 1. The maximum atomic E-state index is 13.4. The van der Waals surface area contributed by atoms with E-state index in [1.54, 1.807) is 19.1 Å². The minimum atomic E-state index is -3.98. The first-order valence-corrected chi connectivity index (χ1v) is 16.4. The number of nitrogens with two attached hydrogens (primary N) is 1. The van der Waals surface area contributed by atoms with Gasteiger partial charge >= 0.3 is 5.97 Å². The average Bonchev–Trinajstić information content (AvgIpc) is 3.28. The van der Waals surface area contributed by atoms with Crippen molar-refractivity contribution < 1.29 is 31.2 Å². The van der Waals surface area contributed by atoms with E-state index in [4.69, 9.17) is 9.88 Å². The predicted molar refractivity (Wildman–Crippen MR) is 153 cm³/mol. The highest BCUT2D eigenvalue weighted by Crippen LogP contribution is 2.32. The van der Waals surface area contributed by atoms with Crippen molar-refractivity contribution in [3.8, 4) is 0 Å². The molecule has 11 nitrogen and oxygen atoms in total. The monoisotopic (exact) mass is 614 g/mol. The number of sulfonamides is 2. The van der Waals surface area contributed by atoms with Crippen LogP contribution in [-0.2, 0) is 42.5 Å². The van der Waals surface area contributed by atoms with Gasteiger partial charge in [0.15, 0.2) is 4.80 Å². The van der Waals surface area contributed by atoms with E-state index < -0.39 is 31.9 Å².